The first-order chi connectivity index (χ1) is 8.24. The Kier molecular flexibility index (Phi) is 2.18. The van der Waals surface area contributed by atoms with Gasteiger partial charge in [-0.25, -0.2) is 4.98 Å². The molecule has 0 amide bonds. The molecule has 86 valence electrons. The highest BCUT2D eigenvalue weighted by molar-refractivity contribution is 5.77. The van der Waals surface area contributed by atoms with Gasteiger partial charge in [0.1, 0.15) is 5.82 Å². The molecule has 0 spiro atoms. The quantitative estimate of drug-likeness (QED) is 0.489. The summed E-state index contributed by atoms with van der Waals surface area (Å²) in [5.74, 6) is 1.31. The summed E-state index contributed by atoms with van der Waals surface area (Å²) in [6.07, 6.45) is 6.25. The molecule has 0 fully saturated rings. The average molecular weight is 229 g/mol. The summed E-state index contributed by atoms with van der Waals surface area (Å²) in [6.45, 7) is 0. The third-order valence-corrected chi connectivity index (χ3v) is 3.09. The number of allylic oxidation sites excluding steroid dienone is 2. The van der Waals surface area contributed by atoms with Gasteiger partial charge in [-0.1, -0.05) is 12.2 Å². The number of nitrogens with one attached hydrogen (secondary N) is 1. The second kappa shape index (κ2) is 3.69. The molecular weight excluding hydrogens is 218 g/mol. The third-order valence-electron chi connectivity index (χ3n) is 3.09. The van der Waals surface area contributed by atoms with Crippen LogP contribution in [0.15, 0.2) is 30.4 Å². The first kappa shape index (κ1) is 10.0. The summed E-state index contributed by atoms with van der Waals surface area (Å²) in [6, 6.07) is 4.71. The number of hydrogen-bond acceptors (Lipinski definition) is 3. The molecule has 1 N–H and O–H groups in total. The van der Waals surface area contributed by atoms with E-state index in [9.17, 15) is 10.1 Å². The highest BCUT2D eigenvalue weighted by atomic mass is 16.6. The normalized spacial score (nSPS) is 15.8. The summed E-state index contributed by atoms with van der Waals surface area (Å²) in [5.41, 5.74) is 1.62. The van der Waals surface area contributed by atoms with Crippen molar-refractivity contribution in [3.8, 4) is 0 Å². The van der Waals surface area contributed by atoms with Crippen molar-refractivity contribution in [2.45, 2.75) is 18.8 Å². The summed E-state index contributed by atoms with van der Waals surface area (Å²) in [5, 5.41) is 10.7. The zero-order chi connectivity index (χ0) is 11.8. The molecule has 1 aliphatic rings. The molecule has 2 aromatic rings. The van der Waals surface area contributed by atoms with Crippen LogP contribution in [-0.2, 0) is 0 Å². The predicted octanol–water partition coefficient (Wildman–Crippen LogP) is 2.90. The van der Waals surface area contributed by atoms with Gasteiger partial charge in [0, 0.05) is 18.1 Å². The van der Waals surface area contributed by atoms with Crippen molar-refractivity contribution in [1.82, 2.24) is 9.97 Å². The van der Waals surface area contributed by atoms with E-state index in [0.29, 0.717) is 5.92 Å². The van der Waals surface area contributed by atoms with Crippen LogP contribution in [0.4, 0.5) is 5.69 Å². The molecule has 0 saturated heterocycles. The Morgan fingerprint density at radius 1 is 1.35 bits per heavy atom. The fourth-order valence-corrected chi connectivity index (χ4v) is 2.16. The van der Waals surface area contributed by atoms with Crippen LogP contribution in [0, 0.1) is 10.1 Å². The number of aromatic amines is 1. The van der Waals surface area contributed by atoms with E-state index in [2.05, 4.69) is 22.1 Å². The minimum Gasteiger partial charge on any atom is -0.342 e. The van der Waals surface area contributed by atoms with Gasteiger partial charge >= 0.3 is 0 Å². The van der Waals surface area contributed by atoms with Crippen molar-refractivity contribution in [2.75, 3.05) is 0 Å². The topological polar surface area (TPSA) is 71.8 Å². The van der Waals surface area contributed by atoms with Gasteiger partial charge in [-0.3, -0.25) is 10.1 Å². The first-order valence-electron chi connectivity index (χ1n) is 5.53. The van der Waals surface area contributed by atoms with Crippen LogP contribution in [0.3, 0.4) is 0 Å². The van der Waals surface area contributed by atoms with E-state index in [1.165, 1.54) is 12.1 Å². The summed E-state index contributed by atoms with van der Waals surface area (Å²) < 4.78 is 0. The van der Waals surface area contributed by atoms with Crippen LogP contribution in [-0.4, -0.2) is 14.9 Å². The Labute approximate surface area is 97.3 Å². The van der Waals surface area contributed by atoms with Crippen LogP contribution >= 0.6 is 0 Å². The minimum atomic E-state index is -0.392. The van der Waals surface area contributed by atoms with Gasteiger partial charge in [0.15, 0.2) is 0 Å². The number of nitrogens with zero attached hydrogens (tertiary/aromatic N) is 2. The Morgan fingerprint density at radius 2 is 2.12 bits per heavy atom. The van der Waals surface area contributed by atoms with Crippen molar-refractivity contribution in [3.63, 3.8) is 0 Å². The number of fused-ring (bicyclic) bond motifs is 1. The largest absolute Gasteiger partial charge is 0.342 e. The van der Waals surface area contributed by atoms with E-state index in [0.717, 1.165) is 29.7 Å². The maximum absolute atomic E-state index is 10.7. The van der Waals surface area contributed by atoms with Crippen molar-refractivity contribution in [1.29, 1.82) is 0 Å². The van der Waals surface area contributed by atoms with Crippen LogP contribution in [0.1, 0.15) is 24.6 Å². The van der Waals surface area contributed by atoms with Gasteiger partial charge in [-0.2, -0.15) is 0 Å². The third kappa shape index (κ3) is 1.69. The SMILES string of the molecule is O=[N+]([O-])c1ccc2nc(C3CC=CC3)[nH]c2c1. The Morgan fingerprint density at radius 3 is 2.82 bits per heavy atom. The van der Waals surface area contributed by atoms with E-state index in [-0.39, 0.29) is 5.69 Å². The van der Waals surface area contributed by atoms with E-state index in [1.54, 1.807) is 6.07 Å². The van der Waals surface area contributed by atoms with Crippen LogP contribution in [0.25, 0.3) is 11.0 Å². The number of imidazole rings is 1. The zero-order valence-electron chi connectivity index (χ0n) is 9.09. The number of non-ortho nitro benzene ring substituents is 1. The van der Waals surface area contributed by atoms with Crippen LogP contribution < -0.4 is 0 Å². The molecule has 1 aliphatic carbocycles. The van der Waals surface area contributed by atoms with Gasteiger partial charge in [-0.15, -0.1) is 0 Å². The maximum Gasteiger partial charge on any atom is 0.271 e. The lowest BCUT2D eigenvalue weighted by Crippen LogP contribution is -1.94. The van der Waals surface area contributed by atoms with Gasteiger partial charge < -0.3 is 4.98 Å². The molecule has 0 aliphatic heterocycles. The van der Waals surface area contributed by atoms with Crippen molar-refractivity contribution in [3.05, 3.63) is 46.3 Å². The average Bonchev–Trinajstić information content (AvgIpc) is 2.96. The van der Waals surface area contributed by atoms with Crippen molar-refractivity contribution < 1.29 is 4.92 Å². The second-order valence-electron chi connectivity index (χ2n) is 4.22. The van der Waals surface area contributed by atoms with Crippen LogP contribution in [0.2, 0.25) is 0 Å². The van der Waals surface area contributed by atoms with Gasteiger partial charge in [0.05, 0.1) is 16.0 Å². The molecule has 1 aromatic carbocycles. The molecule has 0 saturated carbocycles. The molecule has 0 bridgehead atoms. The van der Waals surface area contributed by atoms with Gasteiger partial charge in [0.25, 0.3) is 5.69 Å². The second-order valence-corrected chi connectivity index (χ2v) is 4.22. The zero-order valence-corrected chi connectivity index (χ0v) is 9.09. The van der Waals surface area contributed by atoms with Gasteiger partial charge in [-0.05, 0) is 18.9 Å². The fraction of sp³-hybridized carbons (Fsp3) is 0.250. The molecule has 0 unspecified atom stereocenters. The molecule has 3 rings (SSSR count). The number of nitro benzene ring substituents is 1. The minimum absolute atomic E-state index is 0.0947. The molecule has 0 radical (unpaired) electrons. The molecule has 17 heavy (non-hydrogen) atoms. The Hall–Kier alpha value is -2.17. The van der Waals surface area contributed by atoms with E-state index >= 15 is 0 Å². The molecule has 5 heteroatoms. The van der Waals surface area contributed by atoms with E-state index < -0.39 is 4.92 Å². The van der Waals surface area contributed by atoms with Crippen molar-refractivity contribution in [2.24, 2.45) is 0 Å². The molecule has 0 atom stereocenters. The predicted molar refractivity (Wildman–Crippen MR) is 63.9 cm³/mol. The molecular formula is C12H11N3O2. The number of H-pyrrole nitrogens is 1. The number of hydrogen-bond donors (Lipinski definition) is 1. The van der Waals surface area contributed by atoms with E-state index in [4.69, 9.17) is 0 Å². The lowest BCUT2D eigenvalue weighted by atomic mass is 10.1. The highest BCUT2D eigenvalue weighted by Gasteiger charge is 2.17. The number of benzene rings is 1. The number of rotatable bonds is 2. The highest BCUT2D eigenvalue weighted by Crippen LogP contribution is 2.29. The number of nitro groups is 1. The smallest absolute Gasteiger partial charge is 0.271 e. The lowest BCUT2D eigenvalue weighted by molar-refractivity contribution is -0.384. The van der Waals surface area contributed by atoms with Crippen molar-refractivity contribution >= 4 is 16.7 Å². The summed E-state index contributed by atoms with van der Waals surface area (Å²) >= 11 is 0. The number of aromatic nitrogens is 2. The van der Waals surface area contributed by atoms with Crippen LogP contribution in [0.5, 0.6) is 0 Å². The van der Waals surface area contributed by atoms with Gasteiger partial charge in [0.2, 0.25) is 0 Å². The summed E-state index contributed by atoms with van der Waals surface area (Å²) in [7, 11) is 0. The monoisotopic (exact) mass is 229 g/mol. The molecule has 1 heterocycles. The standard InChI is InChI=1S/C12H11N3O2/c16-15(17)9-5-6-10-11(7-9)14-12(13-10)8-3-1-2-4-8/h1-2,5-8H,3-4H2,(H,13,14). The molecule has 5 nitrogen and oxygen atoms in total. The molecule has 1 aromatic heterocycles. The maximum atomic E-state index is 10.7. The lowest BCUT2D eigenvalue weighted by Gasteiger charge is -2.02. The Balaban J connectivity index is 2.03. The van der Waals surface area contributed by atoms with E-state index in [1.807, 2.05) is 0 Å². The Bertz CT molecular complexity index is 607. The fourth-order valence-electron chi connectivity index (χ4n) is 2.16. The summed E-state index contributed by atoms with van der Waals surface area (Å²) in [4.78, 5) is 17.9. The first-order valence-corrected chi connectivity index (χ1v) is 5.53.